The van der Waals surface area contributed by atoms with E-state index >= 15 is 0 Å². The molecule has 0 spiro atoms. The summed E-state index contributed by atoms with van der Waals surface area (Å²) in [6, 6.07) is 7.04. The molecule has 0 aromatic heterocycles. The highest BCUT2D eigenvalue weighted by molar-refractivity contribution is 5.90. The standard InChI is InChI=1S/C18H19FN6O2/c1-10(5-20)17-13-8-24(9-14(13)17)16-3-2-11(4-15(16)19)25-7-12(6-22-23-21)27-18(25)26/h2-4,10,12-14,17H,6-9H2,1H3/t10-,12+,13-,14+,17?/m1/s1. The van der Waals surface area contributed by atoms with Gasteiger partial charge >= 0.3 is 6.09 Å². The van der Waals surface area contributed by atoms with Crippen LogP contribution in [0.5, 0.6) is 0 Å². The van der Waals surface area contributed by atoms with E-state index in [1.165, 1.54) is 11.0 Å². The van der Waals surface area contributed by atoms with E-state index in [1.807, 2.05) is 11.8 Å². The third-order valence-electron chi connectivity index (χ3n) is 5.85. The fourth-order valence-electron chi connectivity index (χ4n) is 4.47. The molecular formula is C18H19FN6O2. The highest BCUT2D eigenvalue weighted by atomic mass is 19.1. The zero-order chi connectivity index (χ0) is 19.1. The van der Waals surface area contributed by atoms with Crippen LogP contribution >= 0.6 is 0 Å². The van der Waals surface area contributed by atoms with Gasteiger partial charge < -0.3 is 9.64 Å². The van der Waals surface area contributed by atoms with E-state index in [0.29, 0.717) is 29.1 Å². The highest BCUT2D eigenvalue weighted by Gasteiger charge is 2.58. The van der Waals surface area contributed by atoms with Crippen molar-refractivity contribution in [2.24, 2.45) is 28.8 Å². The van der Waals surface area contributed by atoms with Crippen LogP contribution in [0, 0.1) is 40.8 Å². The molecule has 1 amide bonds. The average Bonchev–Trinajstić information content (AvgIpc) is 2.99. The van der Waals surface area contributed by atoms with Crippen molar-refractivity contribution in [1.29, 1.82) is 5.26 Å². The molecule has 3 fully saturated rings. The number of fused-ring (bicyclic) bond motifs is 1. The van der Waals surface area contributed by atoms with Gasteiger partial charge in [0.25, 0.3) is 0 Å². The summed E-state index contributed by atoms with van der Waals surface area (Å²) in [6.07, 6.45) is -1.10. The molecule has 0 radical (unpaired) electrons. The molecule has 5 atom stereocenters. The van der Waals surface area contributed by atoms with E-state index in [1.54, 1.807) is 12.1 Å². The van der Waals surface area contributed by atoms with Gasteiger partial charge in [-0.05, 0) is 48.4 Å². The quantitative estimate of drug-likeness (QED) is 0.450. The molecule has 4 rings (SSSR count). The zero-order valence-corrected chi connectivity index (χ0v) is 14.8. The summed E-state index contributed by atoms with van der Waals surface area (Å²) in [4.78, 5) is 18.0. The van der Waals surface area contributed by atoms with E-state index < -0.39 is 12.2 Å². The molecule has 3 aliphatic rings. The van der Waals surface area contributed by atoms with Gasteiger partial charge in [-0.1, -0.05) is 5.11 Å². The van der Waals surface area contributed by atoms with Crippen LogP contribution in [0.3, 0.4) is 0 Å². The van der Waals surface area contributed by atoms with Crippen LogP contribution in [-0.4, -0.2) is 38.4 Å². The van der Waals surface area contributed by atoms with Gasteiger partial charge in [-0.3, -0.25) is 4.90 Å². The number of cyclic esters (lactones) is 1. The van der Waals surface area contributed by atoms with E-state index in [4.69, 9.17) is 15.5 Å². The first-order chi connectivity index (χ1) is 13.0. The maximum atomic E-state index is 14.7. The monoisotopic (exact) mass is 370 g/mol. The number of hydrogen-bond donors (Lipinski definition) is 0. The predicted molar refractivity (Wildman–Crippen MR) is 95.5 cm³/mol. The Morgan fingerprint density at radius 3 is 2.81 bits per heavy atom. The average molecular weight is 370 g/mol. The molecule has 27 heavy (non-hydrogen) atoms. The van der Waals surface area contributed by atoms with Crippen LogP contribution in [0.4, 0.5) is 20.6 Å². The Bertz CT molecular complexity index is 852. The summed E-state index contributed by atoms with van der Waals surface area (Å²) in [7, 11) is 0. The Hall–Kier alpha value is -2.98. The number of nitriles is 1. The van der Waals surface area contributed by atoms with E-state index in [9.17, 15) is 9.18 Å². The third kappa shape index (κ3) is 3.02. The Morgan fingerprint density at radius 1 is 1.44 bits per heavy atom. The molecule has 0 N–H and O–H groups in total. The molecular weight excluding hydrogens is 351 g/mol. The second-order valence-corrected chi connectivity index (χ2v) is 7.39. The zero-order valence-electron chi connectivity index (χ0n) is 14.8. The highest BCUT2D eigenvalue weighted by Crippen LogP contribution is 2.56. The maximum Gasteiger partial charge on any atom is 0.414 e. The summed E-state index contributed by atoms with van der Waals surface area (Å²) in [5.41, 5.74) is 9.30. The van der Waals surface area contributed by atoms with Gasteiger partial charge in [0, 0.05) is 23.9 Å². The number of benzene rings is 1. The molecule has 2 heterocycles. The minimum atomic E-state index is -0.573. The number of carbonyl (C=O) groups is 1. The van der Waals surface area contributed by atoms with Crippen molar-refractivity contribution in [2.75, 3.05) is 36.0 Å². The molecule has 1 aliphatic carbocycles. The first-order valence-corrected chi connectivity index (χ1v) is 8.96. The second kappa shape index (κ2) is 6.63. The van der Waals surface area contributed by atoms with Gasteiger partial charge in [-0.15, -0.1) is 0 Å². The normalized spacial score (nSPS) is 29.6. The van der Waals surface area contributed by atoms with Gasteiger partial charge in [-0.2, -0.15) is 5.26 Å². The lowest BCUT2D eigenvalue weighted by Gasteiger charge is -2.24. The second-order valence-electron chi connectivity index (χ2n) is 7.39. The number of azide groups is 1. The van der Waals surface area contributed by atoms with Crippen molar-refractivity contribution in [3.8, 4) is 6.07 Å². The molecule has 1 aromatic rings. The third-order valence-corrected chi connectivity index (χ3v) is 5.85. The van der Waals surface area contributed by atoms with Crippen molar-refractivity contribution in [3.63, 3.8) is 0 Å². The van der Waals surface area contributed by atoms with Crippen LogP contribution in [0.1, 0.15) is 6.92 Å². The number of ether oxygens (including phenoxy) is 1. The predicted octanol–water partition coefficient (Wildman–Crippen LogP) is 3.30. The Labute approximate surface area is 155 Å². The molecule has 0 bridgehead atoms. The molecule has 2 aliphatic heterocycles. The number of carbonyl (C=O) groups excluding carboxylic acids is 1. The minimum absolute atomic E-state index is 0.0499. The number of nitrogens with zero attached hydrogens (tertiary/aromatic N) is 6. The molecule has 1 aromatic carbocycles. The lowest BCUT2D eigenvalue weighted by Crippen LogP contribution is -2.27. The first-order valence-electron chi connectivity index (χ1n) is 8.96. The van der Waals surface area contributed by atoms with Crippen molar-refractivity contribution in [3.05, 3.63) is 34.5 Å². The molecule has 1 saturated carbocycles. The van der Waals surface area contributed by atoms with Gasteiger partial charge in [0.05, 0.1) is 30.5 Å². The topological polar surface area (TPSA) is 105 Å². The minimum Gasteiger partial charge on any atom is -0.444 e. The lowest BCUT2D eigenvalue weighted by atomic mass is 10.0. The van der Waals surface area contributed by atoms with Gasteiger partial charge in [0.2, 0.25) is 0 Å². The largest absolute Gasteiger partial charge is 0.444 e. The van der Waals surface area contributed by atoms with Crippen LogP contribution in [0.15, 0.2) is 23.3 Å². The van der Waals surface area contributed by atoms with Crippen molar-refractivity contribution in [1.82, 2.24) is 0 Å². The summed E-state index contributed by atoms with van der Waals surface area (Å²) in [6.45, 7) is 3.75. The van der Waals surface area contributed by atoms with Gasteiger partial charge in [0.1, 0.15) is 11.9 Å². The number of anilines is 2. The molecule has 1 unspecified atom stereocenters. The fraction of sp³-hybridized carbons (Fsp3) is 0.556. The Balaban J connectivity index is 1.43. The van der Waals surface area contributed by atoms with Gasteiger partial charge in [0.15, 0.2) is 0 Å². The van der Waals surface area contributed by atoms with Crippen LogP contribution in [-0.2, 0) is 4.74 Å². The number of piperidine rings is 1. The number of halogens is 1. The van der Waals surface area contributed by atoms with E-state index in [0.717, 1.165) is 13.1 Å². The summed E-state index contributed by atoms with van der Waals surface area (Å²) in [5, 5.41) is 12.5. The Morgan fingerprint density at radius 2 is 2.19 bits per heavy atom. The molecule has 8 nitrogen and oxygen atoms in total. The molecule has 9 heteroatoms. The lowest BCUT2D eigenvalue weighted by molar-refractivity contribution is 0.145. The van der Waals surface area contributed by atoms with Crippen LogP contribution < -0.4 is 9.80 Å². The smallest absolute Gasteiger partial charge is 0.414 e. The molecule has 140 valence electrons. The van der Waals surface area contributed by atoms with Crippen molar-refractivity contribution in [2.45, 2.75) is 13.0 Å². The van der Waals surface area contributed by atoms with Gasteiger partial charge in [-0.25, -0.2) is 9.18 Å². The fourth-order valence-corrected chi connectivity index (χ4v) is 4.47. The number of hydrogen-bond acceptors (Lipinski definition) is 5. The number of amides is 1. The maximum absolute atomic E-state index is 14.7. The SMILES string of the molecule is C[C@H](C#N)C1[C@H]2CN(c3ccc(N4C[C@H](CN=[N+]=[N-])OC4=O)cc3F)C[C@@H]12. The summed E-state index contributed by atoms with van der Waals surface area (Å²) < 4.78 is 19.8. The molecule has 2 saturated heterocycles. The van der Waals surface area contributed by atoms with Crippen molar-refractivity contribution >= 4 is 17.5 Å². The first kappa shape index (κ1) is 17.4. The van der Waals surface area contributed by atoms with Crippen LogP contribution in [0.25, 0.3) is 10.4 Å². The van der Waals surface area contributed by atoms with E-state index in [-0.39, 0.29) is 24.8 Å². The Kier molecular flexibility index (Phi) is 4.28. The number of rotatable bonds is 5. The summed E-state index contributed by atoms with van der Waals surface area (Å²) >= 11 is 0. The van der Waals surface area contributed by atoms with E-state index in [2.05, 4.69) is 16.1 Å². The van der Waals surface area contributed by atoms with Crippen molar-refractivity contribution < 1.29 is 13.9 Å². The summed E-state index contributed by atoms with van der Waals surface area (Å²) in [5.74, 6) is 1.03. The van der Waals surface area contributed by atoms with Crippen LogP contribution in [0.2, 0.25) is 0 Å².